The van der Waals surface area contributed by atoms with E-state index in [1.54, 1.807) is 11.9 Å². The number of hydrogen-bond donors (Lipinski definition) is 1. The van der Waals surface area contributed by atoms with Crippen LogP contribution in [0.15, 0.2) is 30.9 Å². The lowest BCUT2D eigenvalue weighted by Crippen LogP contribution is -2.31. The van der Waals surface area contributed by atoms with Gasteiger partial charge in [0, 0.05) is 30.9 Å². The van der Waals surface area contributed by atoms with Crippen molar-refractivity contribution in [1.29, 1.82) is 0 Å². The number of rotatable bonds is 4. The highest BCUT2D eigenvalue weighted by molar-refractivity contribution is 6.04. The fourth-order valence-corrected chi connectivity index (χ4v) is 2.48. The molecule has 0 fully saturated rings. The molecule has 1 aromatic carbocycles. The number of likely N-dealkylation sites (N-methyl/N-ethyl adjacent to an activating group) is 1. The highest BCUT2D eigenvalue weighted by atomic mass is 16.2. The van der Waals surface area contributed by atoms with Crippen LogP contribution in [0.5, 0.6) is 0 Å². The molecule has 0 spiro atoms. The number of nitrogens with two attached hydrogens (primary N) is 1. The first-order valence-corrected chi connectivity index (χ1v) is 6.52. The van der Waals surface area contributed by atoms with Crippen molar-refractivity contribution >= 4 is 17.3 Å². The number of fused-ring (bicyclic) bond motifs is 1. The second-order valence-electron chi connectivity index (χ2n) is 5.15. The molecule has 1 aliphatic rings. The van der Waals surface area contributed by atoms with Crippen molar-refractivity contribution in [1.82, 2.24) is 0 Å². The van der Waals surface area contributed by atoms with Crippen molar-refractivity contribution in [3.05, 3.63) is 36.4 Å². The lowest BCUT2D eigenvalue weighted by Gasteiger charge is -2.28. The van der Waals surface area contributed by atoms with Gasteiger partial charge in [-0.2, -0.15) is 0 Å². The van der Waals surface area contributed by atoms with Crippen LogP contribution >= 0.6 is 0 Å². The van der Waals surface area contributed by atoms with E-state index >= 15 is 0 Å². The third kappa shape index (κ3) is 2.24. The Morgan fingerprint density at radius 3 is 2.79 bits per heavy atom. The van der Waals surface area contributed by atoms with Gasteiger partial charge in [0.2, 0.25) is 5.91 Å². The van der Waals surface area contributed by atoms with E-state index in [2.05, 4.69) is 25.3 Å². The first-order valence-electron chi connectivity index (χ1n) is 6.52. The molecule has 2 N–H and O–H groups in total. The minimum atomic E-state index is -0.527. The first-order chi connectivity index (χ1) is 8.97. The third-order valence-electron chi connectivity index (χ3n) is 3.59. The summed E-state index contributed by atoms with van der Waals surface area (Å²) in [4.78, 5) is 15.7. The molecule has 1 aromatic rings. The molecule has 19 heavy (non-hydrogen) atoms. The lowest BCUT2D eigenvalue weighted by molar-refractivity contribution is -0.118. The predicted molar refractivity (Wildman–Crippen MR) is 79.5 cm³/mol. The Bertz CT molecular complexity index is 510. The summed E-state index contributed by atoms with van der Waals surface area (Å²) < 4.78 is 0. The highest BCUT2D eigenvalue weighted by Crippen LogP contribution is 2.36. The van der Waals surface area contributed by atoms with Gasteiger partial charge in [-0.15, -0.1) is 6.58 Å². The number of carbonyl (C=O) groups excluding carboxylic acids is 1. The fraction of sp³-hybridized carbons (Fsp3) is 0.400. The molecule has 0 aliphatic carbocycles. The van der Waals surface area contributed by atoms with Crippen LogP contribution in [0, 0.1) is 0 Å². The zero-order valence-electron chi connectivity index (χ0n) is 11.8. The van der Waals surface area contributed by atoms with Gasteiger partial charge < -0.3 is 15.5 Å². The number of hydrogen-bond acceptors (Lipinski definition) is 3. The lowest BCUT2D eigenvalue weighted by atomic mass is 10.1. The van der Waals surface area contributed by atoms with E-state index < -0.39 is 6.04 Å². The van der Waals surface area contributed by atoms with Gasteiger partial charge in [0.05, 0.1) is 5.69 Å². The molecule has 0 aromatic heterocycles. The first kappa shape index (κ1) is 13.6. The summed E-state index contributed by atoms with van der Waals surface area (Å²) in [7, 11) is 1.77. The molecule has 1 heterocycles. The van der Waals surface area contributed by atoms with Crippen LogP contribution in [0.3, 0.4) is 0 Å². The van der Waals surface area contributed by atoms with Crippen molar-refractivity contribution in [3.8, 4) is 0 Å². The summed E-state index contributed by atoms with van der Waals surface area (Å²) in [5.41, 5.74) is 8.80. The molecule has 1 atom stereocenters. The Labute approximate surface area is 114 Å². The Kier molecular flexibility index (Phi) is 3.62. The van der Waals surface area contributed by atoms with Gasteiger partial charge in [-0.3, -0.25) is 4.79 Å². The smallest absolute Gasteiger partial charge is 0.248 e. The standard InChI is InChI=1S/C15H21N3O/c1-5-8-18(10(2)3)11-6-7-12-13(9-11)17(4)15(19)14(12)16/h5-7,9-10,14H,1,8,16H2,2-4H3. The maximum atomic E-state index is 11.9. The SMILES string of the molecule is C=CCN(c1ccc2c(c1)N(C)C(=O)C2N)C(C)C. The number of carbonyl (C=O) groups is 1. The van der Waals surface area contributed by atoms with E-state index in [-0.39, 0.29) is 5.91 Å². The highest BCUT2D eigenvalue weighted by Gasteiger charge is 2.32. The number of nitrogens with zero attached hydrogens (tertiary/aromatic N) is 2. The van der Waals surface area contributed by atoms with Gasteiger partial charge in [-0.25, -0.2) is 0 Å². The molecule has 1 amide bonds. The maximum Gasteiger partial charge on any atom is 0.248 e. The molecule has 102 valence electrons. The monoisotopic (exact) mass is 259 g/mol. The van der Waals surface area contributed by atoms with Gasteiger partial charge >= 0.3 is 0 Å². The Morgan fingerprint density at radius 2 is 2.21 bits per heavy atom. The van der Waals surface area contributed by atoms with Crippen molar-refractivity contribution < 1.29 is 4.79 Å². The number of benzene rings is 1. The van der Waals surface area contributed by atoms with Gasteiger partial charge in [0.1, 0.15) is 6.04 Å². The second kappa shape index (κ2) is 5.05. The molecule has 0 radical (unpaired) electrons. The summed E-state index contributed by atoms with van der Waals surface area (Å²) in [6.07, 6.45) is 1.88. The largest absolute Gasteiger partial charge is 0.365 e. The quantitative estimate of drug-likeness (QED) is 0.842. The van der Waals surface area contributed by atoms with Crippen molar-refractivity contribution in [2.24, 2.45) is 5.73 Å². The van der Waals surface area contributed by atoms with Crippen LogP contribution in [-0.4, -0.2) is 25.5 Å². The minimum absolute atomic E-state index is 0.0491. The van der Waals surface area contributed by atoms with E-state index in [1.165, 1.54) is 0 Å². The molecule has 0 saturated heterocycles. The van der Waals surface area contributed by atoms with Gasteiger partial charge in [0.25, 0.3) is 0 Å². The van der Waals surface area contributed by atoms with Crippen molar-refractivity contribution in [2.75, 3.05) is 23.4 Å². The zero-order chi connectivity index (χ0) is 14.2. The summed E-state index contributed by atoms with van der Waals surface area (Å²) in [5.74, 6) is -0.0491. The summed E-state index contributed by atoms with van der Waals surface area (Å²) >= 11 is 0. The van der Waals surface area contributed by atoms with Gasteiger partial charge in [-0.1, -0.05) is 12.1 Å². The molecule has 0 bridgehead atoms. The Morgan fingerprint density at radius 1 is 1.53 bits per heavy atom. The Hall–Kier alpha value is -1.81. The van der Waals surface area contributed by atoms with E-state index in [0.717, 1.165) is 23.5 Å². The van der Waals surface area contributed by atoms with E-state index in [9.17, 15) is 4.79 Å². The van der Waals surface area contributed by atoms with Crippen LogP contribution in [-0.2, 0) is 4.79 Å². The number of amides is 1. The molecule has 2 rings (SSSR count). The van der Waals surface area contributed by atoms with Crippen molar-refractivity contribution in [2.45, 2.75) is 25.9 Å². The average molecular weight is 259 g/mol. The van der Waals surface area contributed by atoms with E-state index in [1.807, 2.05) is 24.3 Å². The molecule has 1 aliphatic heterocycles. The van der Waals surface area contributed by atoms with Gasteiger partial charge in [-0.05, 0) is 26.0 Å². The second-order valence-corrected chi connectivity index (χ2v) is 5.15. The number of anilines is 2. The summed E-state index contributed by atoms with van der Waals surface area (Å²) in [6, 6.07) is 5.85. The van der Waals surface area contributed by atoms with Crippen LogP contribution in [0.2, 0.25) is 0 Å². The minimum Gasteiger partial charge on any atom is -0.365 e. The topological polar surface area (TPSA) is 49.6 Å². The average Bonchev–Trinajstić information content (AvgIpc) is 2.60. The van der Waals surface area contributed by atoms with Gasteiger partial charge in [0.15, 0.2) is 0 Å². The summed E-state index contributed by atoms with van der Waals surface area (Å²) in [5, 5.41) is 0. The molecule has 1 unspecified atom stereocenters. The van der Waals surface area contributed by atoms with Crippen LogP contribution in [0.4, 0.5) is 11.4 Å². The molecular formula is C15H21N3O. The van der Waals surface area contributed by atoms with E-state index in [4.69, 9.17) is 5.73 Å². The molecule has 0 saturated carbocycles. The van der Waals surface area contributed by atoms with Crippen LogP contribution in [0.25, 0.3) is 0 Å². The van der Waals surface area contributed by atoms with Crippen LogP contribution in [0.1, 0.15) is 25.5 Å². The van der Waals surface area contributed by atoms with Crippen molar-refractivity contribution in [3.63, 3.8) is 0 Å². The molecule has 4 nitrogen and oxygen atoms in total. The summed E-state index contributed by atoms with van der Waals surface area (Å²) in [6.45, 7) is 8.84. The van der Waals surface area contributed by atoms with Crippen LogP contribution < -0.4 is 15.5 Å². The zero-order valence-corrected chi connectivity index (χ0v) is 11.8. The third-order valence-corrected chi connectivity index (χ3v) is 3.59. The van der Waals surface area contributed by atoms with E-state index in [0.29, 0.717) is 6.04 Å². The molecular weight excluding hydrogens is 238 g/mol. The normalized spacial score (nSPS) is 17.8. The Balaban J connectivity index is 2.42. The maximum absolute atomic E-state index is 11.9. The predicted octanol–water partition coefficient (Wildman–Crippen LogP) is 2.06. The fourth-order valence-electron chi connectivity index (χ4n) is 2.48. The molecule has 4 heteroatoms.